The van der Waals surface area contributed by atoms with Gasteiger partial charge in [0.25, 0.3) is 0 Å². The minimum atomic E-state index is -0.0213. The molecular formula is C24H24N4O2S2. The summed E-state index contributed by atoms with van der Waals surface area (Å²) >= 11 is 3.04. The Bertz CT molecular complexity index is 1130. The van der Waals surface area contributed by atoms with Crippen molar-refractivity contribution in [3.05, 3.63) is 82.6 Å². The van der Waals surface area contributed by atoms with Crippen molar-refractivity contribution in [2.75, 3.05) is 12.9 Å². The number of aromatic nitrogens is 3. The maximum atomic E-state index is 12.4. The first-order chi connectivity index (χ1) is 15.7. The van der Waals surface area contributed by atoms with Crippen LogP contribution < -0.4 is 10.1 Å². The highest BCUT2D eigenvalue weighted by Crippen LogP contribution is 2.26. The first-order valence-corrected chi connectivity index (χ1v) is 12.1. The molecule has 2 heterocycles. The van der Waals surface area contributed by atoms with Crippen molar-refractivity contribution in [1.82, 2.24) is 20.1 Å². The predicted octanol–water partition coefficient (Wildman–Crippen LogP) is 4.67. The highest BCUT2D eigenvalue weighted by atomic mass is 32.2. The van der Waals surface area contributed by atoms with Gasteiger partial charge in [-0.3, -0.25) is 4.79 Å². The summed E-state index contributed by atoms with van der Waals surface area (Å²) in [5.74, 6) is 1.84. The summed E-state index contributed by atoms with van der Waals surface area (Å²) < 4.78 is 7.36. The molecule has 1 amide bonds. The van der Waals surface area contributed by atoms with Gasteiger partial charge in [0, 0.05) is 17.0 Å². The fraction of sp³-hybridized carbons (Fsp3) is 0.208. The molecule has 0 aliphatic rings. The fourth-order valence-electron chi connectivity index (χ4n) is 3.22. The van der Waals surface area contributed by atoms with Crippen LogP contribution in [0.5, 0.6) is 5.75 Å². The number of nitrogens with one attached hydrogen (secondary N) is 1. The van der Waals surface area contributed by atoms with Gasteiger partial charge in [-0.15, -0.1) is 21.5 Å². The van der Waals surface area contributed by atoms with E-state index in [1.807, 2.05) is 60.0 Å². The number of carbonyl (C=O) groups excluding carboxylic acids is 1. The van der Waals surface area contributed by atoms with Crippen LogP contribution in [0.3, 0.4) is 0 Å². The topological polar surface area (TPSA) is 69.0 Å². The average molecular weight is 465 g/mol. The fourth-order valence-corrected chi connectivity index (χ4v) is 4.66. The van der Waals surface area contributed by atoms with Gasteiger partial charge in [0.1, 0.15) is 5.75 Å². The molecule has 0 fully saturated rings. The van der Waals surface area contributed by atoms with Crippen LogP contribution in [0.2, 0.25) is 0 Å². The molecule has 0 bridgehead atoms. The van der Waals surface area contributed by atoms with Crippen LogP contribution in [0.25, 0.3) is 11.4 Å². The van der Waals surface area contributed by atoms with Gasteiger partial charge >= 0.3 is 0 Å². The molecule has 6 nitrogen and oxygen atoms in total. The van der Waals surface area contributed by atoms with Crippen LogP contribution in [0.4, 0.5) is 0 Å². The number of ether oxygens (including phenoxy) is 1. The van der Waals surface area contributed by atoms with E-state index in [2.05, 4.69) is 32.2 Å². The number of benzene rings is 2. The monoisotopic (exact) mass is 464 g/mol. The van der Waals surface area contributed by atoms with Gasteiger partial charge in [-0.25, -0.2) is 0 Å². The molecule has 8 heteroatoms. The van der Waals surface area contributed by atoms with E-state index in [1.54, 1.807) is 18.4 Å². The number of rotatable bonds is 10. The molecule has 1 N–H and O–H groups in total. The highest BCUT2D eigenvalue weighted by Gasteiger charge is 2.16. The van der Waals surface area contributed by atoms with Gasteiger partial charge in [0.05, 0.1) is 19.4 Å². The molecule has 4 aromatic rings. The van der Waals surface area contributed by atoms with Crippen LogP contribution in [-0.4, -0.2) is 33.5 Å². The van der Waals surface area contributed by atoms with E-state index in [4.69, 9.17) is 4.74 Å². The number of hydrogen-bond acceptors (Lipinski definition) is 6. The first kappa shape index (κ1) is 22.1. The van der Waals surface area contributed by atoms with Crippen molar-refractivity contribution < 1.29 is 9.53 Å². The van der Waals surface area contributed by atoms with Crippen molar-refractivity contribution in [2.24, 2.45) is 0 Å². The quantitative estimate of drug-likeness (QED) is 0.346. The number of thioether (sulfide) groups is 1. The van der Waals surface area contributed by atoms with Crippen LogP contribution in [-0.2, 0) is 24.3 Å². The van der Waals surface area contributed by atoms with E-state index in [1.165, 1.54) is 17.3 Å². The third-order valence-corrected chi connectivity index (χ3v) is 6.75. The molecule has 2 aromatic carbocycles. The zero-order valence-corrected chi connectivity index (χ0v) is 19.4. The molecule has 0 saturated heterocycles. The van der Waals surface area contributed by atoms with Crippen LogP contribution in [0, 0.1) is 0 Å². The second-order valence-electron chi connectivity index (χ2n) is 7.07. The van der Waals surface area contributed by atoms with Gasteiger partial charge in [-0.2, -0.15) is 0 Å². The van der Waals surface area contributed by atoms with Crippen molar-refractivity contribution in [2.45, 2.75) is 24.7 Å². The van der Waals surface area contributed by atoms with Gasteiger partial charge in [0.15, 0.2) is 11.0 Å². The van der Waals surface area contributed by atoms with Crippen LogP contribution in [0.1, 0.15) is 10.4 Å². The summed E-state index contributed by atoms with van der Waals surface area (Å²) in [6.07, 6.45) is 0.847. The molecular weight excluding hydrogens is 440 g/mol. The summed E-state index contributed by atoms with van der Waals surface area (Å²) in [4.78, 5) is 13.5. The molecule has 32 heavy (non-hydrogen) atoms. The number of thiophene rings is 1. The maximum absolute atomic E-state index is 12.4. The lowest BCUT2D eigenvalue weighted by molar-refractivity contribution is -0.118. The molecule has 0 radical (unpaired) electrons. The third kappa shape index (κ3) is 5.77. The summed E-state index contributed by atoms with van der Waals surface area (Å²) in [6, 6.07) is 22.1. The SMILES string of the molecule is COc1ccc(-c2nnc(SCC(=O)NCc3cccs3)n2CCc2ccccc2)cc1. The Kier molecular flexibility index (Phi) is 7.58. The molecule has 0 atom stereocenters. The highest BCUT2D eigenvalue weighted by molar-refractivity contribution is 7.99. The molecule has 0 aliphatic heterocycles. The Balaban J connectivity index is 1.48. The number of carbonyl (C=O) groups is 1. The van der Waals surface area contributed by atoms with E-state index in [0.717, 1.165) is 40.1 Å². The van der Waals surface area contributed by atoms with E-state index in [-0.39, 0.29) is 11.7 Å². The number of nitrogens with zero attached hydrogens (tertiary/aromatic N) is 3. The Hall–Kier alpha value is -3.10. The minimum absolute atomic E-state index is 0.0213. The normalized spacial score (nSPS) is 10.8. The molecule has 0 spiro atoms. The summed E-state index contributed by atoms with van der Waals surface area (Å²) in [7, 11) is 1.65. The lowest BCUT2D eigenvalue weighted by Gasteiger charge is -2.11. The Morgan fingerprint density at radius 2 is 1.88 bits per heavy atom. The van der Waals surface area contributed by atoms with Crippen molar-refractivity contribution in [3.63, 3.8) is 0 Å². The number of methoxy groups -OCH3 is 1. The number of amides is 1. The van der Waals surface area contributed by atoms with Gasteiger partial charge in [0.2, 0.25) is 5.91 Å². The standard InChI is InChI=1S/C24H24N4O2S2/c1-30-20-11-9-19(10-12-20)23-26-27-24(28(23)14-13-18-6-3-2-4-7-18)32-17-22(29)25-16-21-8-5-15-31-21/h2-12,15H,13-14,16-17H2,1H3,(H,25,29). The predicted molar refractivity (Wildman–Crippen MR) is 129 cm³/mol. The van der Waals surface area contributed by atoms with Gasteiger partial charge in [-0.05, 0) is 47.7 Å². The smallest absolute Gasteiger partial charge is 0.230 e. The third-order valence-electron chi connectivity index (χ3n) is 4.90. The minimum Gasteiger partial charge on any atom is -0.497 e. The second kappa shape index (κ2) is 11.0. The van der Waals surface area contributed by atoms with Gasteiger partial charge < -0.3 is 14.6 Å². The molecule has 164 valence electrons. The molecule has 0 unspecified atom stereocenters. The molecule has 0 saturated carbocycles. The molecule has 0 aliphatic carbocycles. The van der Waals surface area contributed by atoms with E-state index < -0.39 is 0 Å². The van der Waals surface area contributed by atoms with Crippen LogP contribution in [0.15, 0.2) is 77.3 Å². The van der Waals surface area contributed by atoms with Gasteiger partial charge in [-0.1, -0.05) is 48.2 Å². The van der Waals surface area contributed by atoms with E-state index >= 15 is 0 Å². The lowest BCUT2D eigenvalue weighted by Crippen LogP contribution is -2.24. The zero-order chi connectivity index (χ0) is 22.2. The summed E-state index contributed by atoms with van der Waals surface area (Å²) in [5, 5.41) is 14.5. The van der Waals surface area contributed by atoms with Crippen molar-refractivity contribution in [1.29, 1.82) is 0 Å². The Morgan fingerprint density at radius 1 is 1.06 bits per heavy atom. The van der Waals surface area contributed by atoms with Crippen molar-refractivity contribution in [3.8, 4) is 17.1 Å². The molecule has 2 aromatic heterocycles. The first-order valence-electron chi connectivity index (χ1n) is 10.3. The largest absolute Gasteiger partial charge is 0.497 e. The second-order valence-corrected chi connectivity index (χ2v) is 9.04. The lowest BCUT2D eigenvalue weighted by atomic mass is 10.1. The average Bonchev–Trinajstić information content (AvgIpc) is 3.51. The van der Waals surface area contributed by atoms with Crippen molar-refractivity contribution >= 4 is 29.0 Å². The van der Waals surface area contributed by atoms with E-state index in [0.29, 0.717) is 6.54 Å². The number of aryl methyl sites for hydroxylation is 1. The van der Waals surface area contributed by atoms with E-state index in [9.17, 15) is 4.79 Å². The summed E-state index contributed by atoms with van der Waals surface area (Å²) in [6.45, 7) is 1.27. The Labute approximate surface area is 195 Å². The maximum Gasteiger partial charge on any atom is 0.230 e. The summed E-state index contributed by atoms with van der Waals surface area (Å²) in [5.41, 5.74) is 2.20. The van der Waals surface area contributed by atoms with Crippen LogP contribution >= 0.6 is 23.1 Å². The zero-order valence-electron chi connectivity index (χ0n) is 17.7. The number of hydrogen-bond donors (Lipinski definition) is 1. The molecule has 4 rings (SSSR count). The Morgan fingerprint density at radius 3 is 2.59 bits per heavy atom.